The molecule has 0 saturated heterocycles. The number of fused-ring (bicyclic) bond motifs is 1. The number of nitrogens with two attached hydrogens (primary N) is 1. The largest absolute Gasteiger partial charge is 0.480 e. The van der Waals surface area contributed by atoms with Crippen LogP contribution in [0.1, 0.15) is 17.5 Å². The average molecular weight is 381 g/mol. The van der Waals surface area contributed by atoms with Gasteiger partial charge in [0, 0.05) is 25.8 Å². The molecule has 2 atom stereocenters. The molecule has 28 heavy (non-hydrogen) atoms. The number of benzene rings is 2. The van der Waals surface area contributed by atoms with E-state index in [9.17, 15) is 14.4 Å². The van der Waals surface area contributed by atoms with Gasteiger partial charge in [0.2, 0.25) is 11.8 Å². The van der Waals surface area contributed by atoms with Gasteiger partial charge in [0.05, 0.1) is 0 Å². The van der Waals surface area contributed by atoms with Gasteiger partial charge >= 0.3 is 0 Å². The monoisotopic (exact) mass is 381 g/mol. The van der Waals surface area contributed by atoms with Gasteiger partial charge in [0.25, 0.3) is 5.91 Å². The predicted octanol–water partition coefficient (Wildman–Crippen LogP) is 0.709. The first-order chi connectivity index (χ1) is 13.5. The highest BCUT2D eigenvalue weighted by Crippen LogP contribution is 2.28. The lowest BCUT2D eigenvalue weighted by Crippen LogP contribution is -2.51. The Labute approximate surface area is 163 Å². The molecule has 146 valence electrons. The number of ether oxygens (including phenoxy) is 1. The van der Waals surface area contributed by atoms with Crippen LogP contribution in [0.25, 0.3) is 0 Å². The second-order valence-corrected chi connectivity index (χ2v) is 6.68. The molecule has 3 amide bonds. The van der Waals surface area contributed by atoms with Crippen molar-refractivity contribution in [3.8, 4) is 5.75 Å². The summed E-state index contributed by atoms with van der Waals surface area (Å²) < 4.78 is 5.71. The smallest absolute Gasteiger partial charge is 0.262 e. The molecule has 2 aromatic carbocycles. The molecule has 7 heteroatoms. The third-order valence-electron chi connectivity index (χ3n) is 4.53. The van der Waals surface area contributed by atoms with E-state index in [0.29, 0.717) is 18.6 Å². The highest BCUT2D eigenvalue weighted by Gasteiger charge is 2.31. The van der Waals surface area contributed by atoms with Crippen molar-refractivity contribution in [1.29, 1.82) is 0 Å². The summed E-state index contributed by atoms with van der Waals surface area (Å²) in [5, 5.41) is 5.44. The Morgan fingerprint density at radius 2 is 1.79 bits per heavy atom. The number of hydrogen-bond acceptors (Lipinski definition) is 4. The lowest BCUT2D eigenvalue weighted by atomic mass is 10.0. The zero-order valence-electron chi connectivity index (χ0n) is 15.4. The standard InChI is InChI=1S/C21H23N3O4/c22-19(25)10-11-23-20(26)16(12-14-6-2-1-3-7-14)24-21(27)18-13-15-8-4-5-9-17(15)28-18/h1-9,16,18H,10-13H2,(H2,22,25)(H,23,26)(H,24,27)/t16-,18+/m1/s1. The normalized spacial score (nSPS) is 15.8. The molecule has 2 aromatic rings. The minimum Gasteiger partial charge on any atom is -0.480 e. The van der Waals surface area contributed by atoms with E-state index in [2.05, 4.69) is 10.6 Å². The molecule has 0 fully saturated rings. The van der Waals surface area contributed by atoms with Crippen molar-refractivity contribution >= 4 is 17.7 Å². The number of primary amides is 1. The number of para-hydroxylation sites is 1. The molecule has 0 aliphatic carbocycles. The second-order valence-electron chi connectivity index (χ2n) is 6.68. The van der Waals surface area contributed by atoms with Crippen molar-refractivity contribution in [1.82, 2.24) is 10.6 Å². The van der Waals surface area contributed by atoms with Crippen LogP contribution in [0.2, 0.25) is 0 Å². The first-order valence-electron chi connectivity index (χ1n) is 9.18. The summed E-state index contributed by atoms with van der Waals surface area (Å²) in [6.45, 7) is 0.126. The maximum Gasteiger partial charge on any atom is 0.262 e. The SMILES string of the molecule is NC(=O)CCNC(=O)[C@@H](Cc1ccccc1)NC(=O)[C@@H]1Cc2ccccc2O1. The molecule has 0 unspecified atom stereocenters. The van der Waals surface area contributed by atoms with Crippen molar-refractivity contribution in [2.75, 3.05) is 6.54 Å². The van der Waals surface area contributed by atoms with Crippen LogP contribution in [0, 0.1) is 0 Å². The molecule has 0 aromatic heterocycles. The van der Waals surface area contributed by atoms with Crippen LogP contribution in [0.5, 0.6) is 5.75 Å². The van der Waals surface area contributed by atoms with Crippen LogP contribution in [0.15, 0.2) is 54.6 Å². The van der Waals surface area contributed by atoms with Gasteiger partial charge in [-0.25, -0.2) is 0 Å². The molecule has 0 radical (unpaired) electrons. The summed E-state index contributed by atoms with van der Waals surface area (Å²) in [4.78, 5) is 36.2. The number of carbonyl (C=O) groups excluding carboxylic acids is 3. The molecule has 3 rings (SSSR count). The van der Waals surface area contributed by atoms with Crippen molar-refractivity contribution in [2.45, 2.75) is 31.4 Å². The lowest BCUT2D eigenvalue weighted by molar-refractivity contribution is -0.132. The van der Waals surface area contributed by atoms with Gasteiger partial charge < -0.3 is 21.1 Å². The fourth-order valence-corrected chi connectivity index (χ4v) is 3.08. The Hall–Kier alpha value is -3.35. The fourth-order valence-electron chi connectivity index (χ4n) is 3.08. The van der Waals surface area contributed by atoms with E-state index < -0.39 is 18.1 Å². The van der Waals surface area contributed by atoms with Gasteiger partial charge in [0.1, 0.15) is 11.8 Å². The Balaban J connectivity index is 1.65. The van der Waals surface area contributed by atoms with Gasteiger partial charge in [-0.05, 0) is 17.2 Å². The maximum atomic E-state index is 12.7. The molecular weight excluding hydrogens is 358 g/mol. The van der Waals surface area contributed by atoms with E-state index in [0.717, 1.165) is 11.1 Å². The summed E-state index contributed by atoms with van der Waals surface area (Å²) in [5.41, 5.74) is 6.98. The third kappa shape index (κ3) is 5.09. The first-order valence-corrected chi connectivity index (χ1v) is 9.18. The van der Waals surface area contributed by atoms with Crippen LogP contribution >= 0.6 is 0 Å². The molecule has 7 nitrogen and oxygen atoms in total. The summed E-state index contributed by atoms with van der Waals surface area (Å²) >= 11 is 0. The van der Waals surface area contributed by atoms with Crippen LogP contribution in [-0.4, -0.2) is 36.4 Å². The Bertz CT molecular complexity index is 829. The lowest BCUT2D eigenvalue weighted by Gasteiger charge is -2.20. The fraction of sp³-hybridized carbons (Fsp3) is 0.286. The van der Waals surface area contributed by atoms with E-state index >= 15 is 0 Å². The second kappa shape index (κ2) is 9.03. The highest BCUT2D eigenvalue weighted by atomic mass is 16.5. The molecule has 4 N–H and O–H groups in total. The minimum absolute atomic E-state index is 0.0405. The molecule has 1 aliphatic rings. The van der Waals surface area contributed by atoms with E-state index in [1.54, 1.807) is 0 Å². The van der Waals surface area contributed by atoms with Crippen molar-refractivity contribution < 1.29 is 19.1 Å². The molecular formula is C21H23N3O4. The zero-order valence-corrected chi connectivity index (χ0v) is 15.4. The van der Waals surface area contributed by atoms with E-state index in [-0.39, 0.29) is 24.8 Å². The maximum absolute atomic E-state index is 12.7. The molecule has 1 aliphatic heterocycles. The van der Waals surface area contributed by atoms with Gasteiger partial charge in [-0.2, -0.15) is 0 Å². The van der Waals surface area contributed by atoms with Gasteiger partial charge in [0.15, 0.2) is 6.10 Å². The van der Waals surface area contributed by atoms with Crippen molar-refractivity contribution in [2.24, 2.45) is 5.73 Å². The van der Waals surface area contributed by atoms with Crippen LogP contribution in [-0.2, 0) is 27.2 Å². The molecule has 0 bridgehead atoms. The Morgan fingerprint density at radius 1 is 1.07 bits per heavy atom. The first kappa shape index (κ1) is 19.4. The number of carbonyl (C=O) groups is 3. The van der Waals surface area contributed by atoms with Crippen LogP contribution in [0.4, 0.5) is 0 Å². The summed E-state index contributed by atoms with van der Waals surface area (Å²) in [7, 11) is 0. The van der Waals surface area contributed by atoms with Crippen LogP contribution in [0.3, 0.4) is 0 Å². The summed E-state index contributed by atoms with van der Waals surface area (Å²) in [6, 6.07) is 16.1. The summed E-state index contributed by atoms with van der Waals surface area (Å²) in [6.07, 6.45) is 0.158. The van der Waals surface area contributed by atoms with E-state index in [1.807, 2.05) is 54.6 Å². The van der Waals surface area contributed by atoms with Crippen molar-refractivity contribution in [3.63, 3.8) is 0 Å². The zero-order chi connectivity index (χ0) is 19.9. The Kier molecular flexibility index (Phi) is 6.26. The molecule has 0 spiro atoms. The van der Waals surface area contributed by atoms with Gasteiger partial charge in [-0.15, -0.1) is 0 Å². The van der Waals surface area contributed by atoms with E-state index in [1.165, 1.54) is 0 Å². The quantitative estimate of drug-likeness (QED) is 0.625. The molecule has 0 saturated carbocycles. The number of hydrogen-bond donors (Lipinski definition) is 3. The minimum atomic E-state index is -0.782. The topological polar surface area (TPSA) is 111 Å². The Morgan fingerprint density at radius 3 is 2.50 bits per heavy atom. The summed E-state index contributed by atoms with van der Waals surface area (Å²) in [5.74, 6) is -0.523. The van der Waals surface area contributed by atoms with Crippen LogP contribution < -0.4 is 21.1 Å². The van der Waals surface area contributed by atoms with E-state index in [4.69, 9.17) is 10.5 Å². The predicted molar refractivity (Wildman–Crippen MR) is 103 cm³/mol. The third-order valence-corrected chi connectivity index (χ3v) is 4.53. The van der Waals surface area contributed by atoms with Gasteiger partial charge in [-0.1, -0.05) is 48.5 Å². The molecule has 1 heterocycles. The number of rotatable bonds is 8. The highest BCUT2D eigenvalue weighted by molar-refractivity contribution is 5.90. The number of nitrogens with one attached hydrogen (secondary N) is 2. The number of amides is 3. The average Bonchev–Trinajstić information content (AvgIpc) is 3.12. The van der Waals surface area contributed by atoms with Crippen molar-refractivity contribution in [3.05, 3.63) is 65.7 Å². The van der Waals surface area contributed by atoms with Gasteiger partial charge in [-0.3, -0.25) is 14.4 Å².